The molecule has 1 aromatic rings. The smallest absolute Gasteiger partial charge is 0.145 e. The predicted octanol–water partition coefficient (Wildman–Crippen LogP) is 3.35. The summed E-state index contributed by atoms with van der Waals surface area (Å²) in [5.74, 6) is 4.27. The number of rotatable bonds is 6. The number of nitrogens with zero attached hydrogens (tertiary/aromatic N) is 2. The number of nitrogens with one attached hydrogen (secondary N) is 1. The van der Waals surface area contributed by atoms with Crippen molar-refractivity contribution in [2.75, 3.05) is 30.5 Å². The van der Waals surface area contributed by atoms with Crippen molar-refractivity contribution in [3.8, 4) is 0 Å². The van der Waals surface area contributed by atoms with E-state index >= 15 is 0 Å². The molecule has 0 aliphatic carbocycles. The summed E-state index contributed by atoms with van der Waals surface area (Å²) in [7, 11) is 1.70. The minimum absolute atomic E-state index is 0.382. The minimum Gasteiger partial charge on any atom is -0.378 e. The molecule has 0 saturated carbocycles. The predicted molar refractivity (Wildman–Crippen MR) is 88.6 cm³/mol. The molecule has 1 saturated heterocycles. The highest BCUT2D eigenvalue weighted by Crippen LogP contribution is 2.41. The molecule has 0 bridgehead atoms. The highest BCUT2D eigenvalue weighted by molar-refractivity contribution is 8.06. The van der Waals surface area contributed by atoms with Gasteiger partial charge in [-0.15, -0.1) is 11.8 Å². The average Bonchev–Trinajstić information content (AvgIpc) is 2.46. The van der Waals surface area contributed by atoms with Crippen LogP contribution in [0.2, 0.25) is 0 Å². The van der Waals surface area contributed by atoms with E-state index in [9.17, 15) is 0 Å². The molecule has 6 heteroatoms. The van der Waals surface area contributed by atoms with E-state index in [0.717, 1.165) is 30.3 Å². The van der Waals surface area contributed by atoms with E-state index in [2.05, 4.69) is 19.2 Å². The van der Waals surface area contributed by atoms with Crippen molar-refractivity contribution >= 4 is 29.3 Å². The molecule has 0 radical (unpaired) electrons. The van der Waals surface area contributed by atoms with E-state index in [1.54, 1.807) is 7.11 Å². The fraction of sp³-hybridized carbons (Fsp3) is 0.714. The van der Waals surface area contributed by atoms with E-state index in [1.165, 1.54) is 11.5 Å². The van der Waals surface area contributed by atoms with Crippen LogP contribution in [0.5, 0.6) is 0 Å². The number of ether oxygens (including phenoxy) is 1. The first-order valence-electron chi connectivity index (χ1n) is 7.08. The third-order valence-electron chi connectivity index (χ3n) is 3.09. The average molecular weight is 313 g/mol. The first-order chi connectivity index (χ1) is 9.74. The summed E-state index contributed by atoms with van der Waals surface area (Å²) >= 11 is 3.98. The highest BCUT2D eigenvalue weighted by atomic mass is 32.2. The van der Waals surface area contributed by atoms with Gasteiger partial charge in [0.05, 0.1) is 17.6 Å². The van der Waals surface area contributed by atoms with Crippen molar-refractivity contribution in [2.45, 2.75) is 37.4 Å². The van der Waals surface area contributed by atoms with Crippen molar-refractivity contribution < 1.29 is 4.74 Å². The lowest BCUT2D eigenvalue weighted by Crippen LogP contribution is -2.19. The zero-order valence-corrected chi connectivity index (χ0v) is 14.0. The Morgan fingerprint density at radius 2 is 2.15 bits per heavy atom. The van der Waals surface area contributed by atoms with E-state index < -0.39 is 0 Å². The highest BCUT2D eigenvalue weighted by Gasteiger charge is 2.27. The van der Waals surface area contributed by atoms with E-state index in [1.807, 2.05) is 29.6 Å². The van der Waals surface area contributed by atoms with Crippen LogP contribution in [0.25, 0.3) is 0 Å². The molecule has 0 aromatic carbocycles. The van der Waals surface area contributed by atoms with Crippen LogP contribution in [0.1, 0.15) is 37.0 Å². The van der Waals surface area contributed by atoms with Gasteiger partial charge in [0.1, 0.15) is 11.6 Å². The van der Waals surface area contributed by atoms with Crippen molar-refractivity contribution in [1.29, 1.82) is 0 Å². The first-order valence-corrected chi connectivity index (χ1v) is 9.18. The summed E-state index contributed by atoms with van der Waals surface area (Å²) in [6.45, 7) is 5.90. The monoisotopic (exact) mass is 313 g/mol. The number of thioether (sulfide) groups is 2. The maximum Gasteiger partial charge on any atom is 0.145 e. The summed E-state index contributed by atoms with van der Waals surface area (Å²) in [5.41, 5.74) is 0.958. The van der Waals surface area contributed by atoms with Gasteiger partial charge in [-0.2, -0.15) is 11.8 Å². The Kier molecular flexibility index (Phi) is 6.45. The lowest BCUT2D eigenvalue weighted by molar-refractivity contribution is 0.181. The molecule has 2 rings (SSSR count). The van der Waals surface area contributed by atoms with Gasteiger partial charge in [0.2, 0.25) is 0 Å². The second kappa shape index (κ2) is 8.10. The summed E-state index contributed by atoms with van der Waals surface area (Å²) in [4.78, 5) is 9.41. The standard InChI is InChI=1S/C14H23N3OS2/c1-4-5-15-12-8-11(9-18-3)16-14(17-12)13-10(2)19-6-7-20-13/h8,10,13H,4-7,9H2,1-3H3,(H,15,16,17). The van der Waals surface area contributed by atoms with Crippen LogP contribution in [0.4, 0.5) is 5.82 Å². The van der Waals surface area contributed by atoms with E-state index in [-0.39, 0.29) is 0 Å². The normalized spacial score (nSPS) is 22.8. The van der Waals surface area contributed by atoms with Crippen molar-refractivity contribution in [3.05, 3.63) is 17.6 Å². The molecule has 20 heavy (non-hydrogen) atoms. The zero-order chi connectivity index (χ0) is 14.4. The fourth-order valence-corrected chi connectivity index (χ4v) is 4.82. The molecule has 112 valence electrons. The fourth-order valence-electron chi connectivity index (χ4n) is 2.13. The second-order valence-corrected chi connectivity index (χ2v) is 7.56. The van der Waals surface area contributed by atoms with Gasteiger partial charge in [0.25, 0.3) is 0 Å². The topological polar surface area (TPSA) is 47.0 Å². The molecular formula is C14H23N3OS2. The maximum absolute atomic E-state index is 5.23. The van der Waals surface area contributed by atoms with Crippen LogP contribution in [-0.2, 0) is 11.3 Å². The van der Waals surface area contributed by atoms with E-state index in [4.69, 9.17) is 14.7 Å². The summed E-state index contributed by atoms with van der Waals surface area (Å²) in [6, 6.07) is 1.99. The molecule has 1 N–H and O–H groups in total. The summed E-state index contributed by atoms with van der Waals surface area (Å²) < 4.78 is 5.23. The molecule has 2 heterocycles. The van der Waals surface area contributed by atoms with Crippen LogP contribution < -0.4 is 5.32 Å². The second-order valence-electron chi connectivity index (χ2n) is 4.83. The Hall–Kier alpha value is -0.460. The lowest BCUT2D eigenvalue weighted by atomic mass is 10.3. The van der Waals surface area contributed by atoms with Crippen LogP contribution >= 0.6 is 23.5 Å². The van der Waals surface area contributed by atoms with Crippen LogP contribution in [0, 0.1) is 0 Å². The minimum atomic E-state index is 0.382. The third kappa shape index (κ3) is 4.27. The Morgan fingerprint density at radius 1 is 1.35 bits per heavy atom. The molecule has 1 aliphatic heterocycles. The maximum atomic E-state index is 5.23. The van der Waals surface area contributed by atoms with Gasteiger partial charge in [-0.25, -0.2) is 9.97 Å². The van der Waals surface area contributed by atoms with Gasteiger partial charge in [-0.1, -0.05) is 13.8 Å². The molecule has 4 nitrogen and oxygen atoms in total. The molecular weight excluding hydrogens is 290 g/mol. The summed E-state index contributed by atoms with van der Waals surface area (Å²) in [6.07, 6.45) is 1.09. The molecule has 1 aliphatic rings. The van der Waals surface area contributed by atoms with Gasteiger partial charge >= 0.3 is 0 Å². The lowest BCUT2D eigenvalue weighted by Gasteiger charge is -2.27. The van der Waals surface area contributed by atoms with Crippen LogP contribution in [0.15, 0.2) is 6.07 Å². The van der Waals surface area contributed by atoms with Gasteiger partial charge in [-0.3, -0.25) is 0 Å². The molecule has 2 atom stereocenters. The zero-order valence-electron chi connectivity index (χ0n) is 12.4. The Bertz CT molecular complexity index is 431. The van der Waals surface area contributed by atoms with Gasteiger partial charge in [0.15, 0.2) is 0 Å². The molecule has 1 aromatic heterocycles. The Labute approximate surface area is 129 Å². The van der Waals surface area contributed by atoms with E-state index in [0.29, 0.717) is 17.1 Å². The number of methoxy groups -OCH3 is 1. The van der Waals surface area contributed by atoms with Gasteiger partial charge < -0.3 is 10.1 Å². The number of aromatic nitrogens is 2. The van der Waals surface area contributed by atoms with Crippen LogP contribution in [-0.4, -0.2) is 40.4 Å². The summed E-state index contributed by atoms with van der Waals surface area (Å²) in [5, 5.41) is 4.31. The number of hydrogen-bond donors (Lipinski definition) is 1. The van der Waals surface area contributed by atoms with Gasteiger partial charge in [0, 0.05) is 36.5 Å². The van der Waals surface area contributed by atoms with Crippen molar-refractivity contribution in [2.24, 2.45) is 0 Å². The van der Waals surface area contributed by atoms with Crippen molar-refractivity contribution in [1.82, 2.24) is 9.97 Å². The number of hydrogen-bond acceptors (Lipinski definition) is 6. The molecule has 0 amide bonds. The molecule has 0 spiro atoms. The largest absolute Gasteiger partial charge is 0.378 e. The first kappa shape index (κ1) is 15.9. The Balaban J connectivity index is 2.22. The third-order valence-corrected chi connectivity index (χ3v) is 6.17. The number of anilines is 1. The molecule has 1 fully saturated rings. The Morgan fingerprint density at radius 3 is 2.85 bits per heavy atom. The van der Waals surface area contributed by atoms with Crippen LogP contribution in [0.3, 0.4) is 0 Å². The quantitative estimate of drug-likeness (QED) is 0.869. The van der Waals surface area contributed by atoms with Gasteiger partial charge in [-0.05, 0) is 6.42 Å². The van der Waals surface area contributed by atoms with Crippen molar-refractivity contribution in [3.63, 3.8) is 0 Å². The SMILES string of the molecule is CCCNc1cc(COC)nc(C2SCCSC2C)n1. The molecule has 2 unspecified atom stereocenters.